The number of hydrogen-bond acceptors (Lipinski definition) is 4. The number of nitrogens with two attached hydrogens (primary N) is 1. The van der Waals surface area contributed by atoms with Crippen LogP contribution in [-0.4, -0.2) is 24.1 Å². The van der Waals surface area contributed by atoms with E-state index in [-0.39, 0.29) is 10.8 Å². The van der Waals surface area contributed by atoms with E-state index < -0.39 is 10.0 Å². The van der Waals surface area contributed by atoms with E-state index in [1.54, 1.807) is 17.1 Å². The molecule has 1 aromatic carbocycles. The van der Waals surface area contributed by atoms with Crippen LogP contribution in [0.1, 0.15) is 12.5 Å². The quantitative estimate of drug-likeness (QED) is 0.872. The van der Waals surface area contributed by atoms with Gasteiger partial charge in [-0.15, -0.1) is 0 Å². The van der Waals surface area contributed by atoms with Crippen molar-refractivity contribution in [3.8, 4) is 5.69 Å². The van der Waals surface area contributed by atoms with Crippen molar-refractivity contribution in [2.24, 2.45) is 5.14 Å². The number of nitrogens with zero attached hydrogens (tertiary/aromatic N) is 2. The van der Waals surface area contributed by atoms with Crippen LogP contribution in [0.25, 0.3) is 5.69 Å². The van der Waals surface area contributed by atoms with Crippen molar-refractivity contribution in [3.05, 3.63) is 36.2 Å². The van der Waals surface area contributed by atoms with Crippen LogP contribution >= 0.6 is 0 Å². The van der Waals surface area contributed by atoms with Crippen molar-refractivity contribution < 1.29 is 13.2 Å². The molecular formula is C12H14N4O3S. The van der Waals surface area contributed by atoms with Crippen molar-refractivity contribution in [2.75, 3.05) is 5.32 Å². The fraction of sp³-hybridized carbons (Fsp3) is 0.167. The number of sulfonamides is 1. The molecule has 0 unspecified atom stereocenters. The molecule has 0 aliphatic rings. The summed E-state index contributed by atoms with van der Waals surface area (Å²) in [5.41, 5.74) is 1.82. The number of aromatic nitrogens is 2. The van der Waals surface area contributed by atoms with Gasteiger partial charge in [0.25, 0.3) is 0 Å². The molecule has 1 aromatic heterocycles. The molecule has 1 heterocycles. The Labute approximate surface area is 116 Å². The van der Waals surface area contributed by atoms with Gasteiger partial charge in [-0.1, -0.05) is 0 Å². The van der Waals surface area contributed by atoms with Crippen molar-refractivity contribution >= 4 is 21.6 Å². The maximum atomic E-state index is 11.4. The Morgan fingerprint density at radius 1 is 1.40 bits per heavy atom. The second-order valence-corrected chi connectivity index (χ2v) is 5.93. The Morgan fingerprint density at radius 2 is 2.10 bits per heavy atom. The van der Waals surface area contributed by atoms with E-state index in [1.807, 2.05) is 6.92 Å². The molecule has 0 saturated heterocycles. The molecule has 8 heteroatoms. The second kappa shape index (κ2) is 5.06. The number of hydrogen-bond donors (Lipinski definition) is 2. The lowest BCUT2D eigenvalue weighted by Gasteiger charge is -2.11. The molecule has 0 spiro atoms. The van der Waals surface area contributed by atoms with Gasteiger partial charge in [0.15, 0.2) is 0 Å². The minimum Gasteiger partial charge on any atom is -0.324 e. The van der Waals surface area contributed by atoms with Crippen LogP contribution in [0.2, 0.25) is 0 Å². The van der Waals surface area contributed by atoms with E-state index in [4.69, 9.17) is 5.14 Å². The molecule has 0 saturated carbocycles. The molecule has 0 atom stereocenters. The zero-order chi connectivity index (χ0) is 14.9. The Kier molecular flexibility index (Phi) is 3.60. The SMILES string of the molecule is CC(=O)Nc1cc(S(N)(=O)=O)ccc1-n1cc(C)cn1. The minimum atomic E-state index is -3.84. The Morgan fingerprint density at radius 3 is 2.60 bits per heavy atom. The van der Waals surface area contributed by atoms with Gasteiger partial charge in [-0.2, -0.15) is 5.10 Å². The lowest BCUT2D eigenvalue weighted by atomic mass is 10.2. The third-order valence-corrected chi connectivity index (χ3v) is 3.48. The summed E-state index contributed by atoms with van der Waals surface area (Å²) in [7, 11) is -3.84. The first-order valence-electron chi connectivity index (χ1n) is 5.73. The molecule has 106 valence electrons. The molecule has 0 aliphatic carbocycles. The second-order valence-electron chi connectivity index (χ2n) is 4.37. The van der Waals surface area contributed by atoms with E-state index in [0.29, 0.717) is 11.4 Å². The summed E-state index contributed by atoms with van der Waals surface area (Å²) in [6.07, 6.45) is 3.42. The van der Waals surface area contributed by atoms with Crippen LogP contribution in [0.3, 0.4) is 0 Å². The fourth-order valence-electron chi connectivity index (χ4n) is 1.73. The van der Waals surface area contributed by atoms with Crippen LogP contribution < -0.4 is 10.5 Å². The van der Waals surface area contributed by atoms with Crippen LogP contribution in [0.15, 0.2) is 35.5 Å². The van der Waals surface area contributed by atoms with Gasteiger partial charge in [-0.05, 0) is 30.7 Å². The van der Waals surface area contributed by atoms with Crippen molar-refractivity contribution in [2.45, 2.75) is 18.7 Å². The Hall–Kier alpha value is -2.19. The molecule has 20 heavy (non-hydrogen) atoms. The highest BCUT2D eigenvalue weighted by Gasteiger charge is 2.14. The number of amides is 1. The Balaban J connectivity index is 2.59. The molecular weight excluding hydrogens is 280 g/mol. The summed E-state index contributed by atoms with van der Waals surface area (Å²) in [4.78, 5) is 11.2. The van der Waals surface area contributed by atoms with Gasteiger partial charge in [0.2, 0.25) is 15.9 Å². The lowest BCUT2D eigenvalue weighted by molar-refractivity contribution is -0.114. The van der Waals surface area contributed by atoms with Crippen molar-refractivity contribution in [1.82, 2.24) is 9.78 Å². The first-order valence-corrected chi connectivity index (χ1v) is 7.28. The summed E-state index contributed by atoms with van der Waals surface area (Å²) in [6, 6.07) is 4.22. The van der Waals surface area contributed by atoms with E-state index in [1.165, 1.54) is 25.1 Å². The van der Waals surface area contributed by atoms with Crippen LogP contribution in [0.4, 0.5) is 5.69 Å². The summed E-state index contributed by atoms with van der Waals surface area (Å²) in [5.74, 6) is -0.318. The van der Waals surface area contributed by atoms with E-state index >= 15 is 0 Å². The maximum absolute atomic E-state index is 11.4. The van der Waals surface area contributed by atoms with Crippen LogP contribution in [-0.2, 0) is 14.8 Å². The first kappa shape index (κ1) is 14.2. The van der Waals surface area contributed by atoms with E-state index in [9.17, 15) is 13.2 Å². The number of benzene rings is 1. The fourth-order valence-corrected chi connectivity index (χ4v) is 2.27. The van der Waals surface area contributed by atoms with Gasteiger partial charge in [0, 0.05) is 13.1 Å². The number of rotatable bonds is 3. The average Bonchev–Trinajstić information content (AvgIpc) is 2.73. The number of carbonyl (C=O) groups excluding carboxylic acids is 1. The standard InChI is InChI=1S/C12H14N4O3S/c1-8-6-14-16(7-8)12-4-3-10(20(13,18)19)5-11(12)15-9(2)17/h3-7H,1-2H3,(H,15,17)(H2,13,18,19). The Bertz CT molecular complexity index is 765. The van der Waals surface area contributed by atoms with Crippen molar-refractivity contribution in [1.29, 1.82) is 0 Å². The largest absolute Gasteiger partial charge is 0.324 e. The normalized spacial score (nSPS) is 11.3. The molecule has 7 nitrogen and oxygen atoms in total. The highest BCUT2D eigenvalue weighted by molar-refractivity contribution is 7.89. The zero-order valence-electron chi connectivity index (χ0n) is 11.0. The zero-order valence-corrected chi connectivity index (χ0v) is 11.8. The monoisotopic (exact) mass is 294 g/mol. The van der Waals surface area contributed by atoms with Gasteiger partial charge >= 0.3 is 0 Å². The highest BCUT2D eigenvalue weighted by Crippen LogP contribution is 2.23. The number of carbonyl (C=O) groups is 1. The molecule has 2 aromatic rings. The topological polar surface area (TPSA) is 107 Å². The van der Waals surface area contributed by atoms with E-state index in [2.05, 4.69) is 10.4 Å². The summed E-state index contributed by atoms with van der Waals surface area (Å²) >= 11 is 0. The van der Waals surface area contributed by atoms with Gasteiger partial charge in [-0.3, -0.25) is 4.79 Å². The number of nitrogens with one attached hydrogen (secondary N) is 1. The predicted molar refractivity (Wildman–Crippen MR) is 74.0 cm³/mol. The first-order chi connectivity index (χ1) is 9.27. The van der Waals surface area contributed by atoms with Gasteiger partial charge in [0.05, 0.1) is 22.5 Å². The van der Waals surface area contributed by atoms with Gasteiger partial charge in [-0.25, -0.2) is 18.2 Å². The molecule has 0 aliphatic heterocycles. The molecule has 0 fully saturated rings. The lowest BCUT2D eigenvalue weighted by Crippen LogP contribution is -2.15. The smallest absolute Gasteiger partial charge is 0.238 e. The molecule has 3 N–H and O–H groups in total. The number of anilines is 1. The van der Waals surface area contributed by atoms with E-state index in [0.717, 1.165) is 5.56 Å². The average molecular weight is 294 g/mol. The maximum Gasteiger partial charge on any atom is 0.238 e. The van der Waals surface area contributed by atoms with Gasteiger partial charge < -0.3 is 5.32 Å². The summed E-state index contributed by atoms with van der Waals surface area (Å²) in [5, 5.41) is 11.8. The predicted octanol–water partition coefficient (Wildman–Crippen LogP) is 0.787. The van der Waals surface area contributed by atoms with Crippen molar-refractivity contribution in [3.63, 3.8) is 0 Å². The minimum absolute atomic E-state index is 0.0751. The highest BCUT2D eigenvalue weighted by atomic mass is 32.2. The summed E-state index contributed by atoms with van der Waals surface area (Å²) in [6.45, 7) is 3.21. The number of primary sulfonamides is 1. The van der Waals surface area contributed by atoms with Crippen LogP contribution in [0, 0.1) is 6.92 Å². The molecule has 2 rings (SSSR count). The van der Waals surface area contributed by atoms with Crippen LogP contribution in [0.5, 0.6) is 0 Å². The molecule has 0 radical (unpaired) electrons. The summed E-state index contributed by atoms with van der Waals surface area (Å²) < 4.78 is 24.3. The third-order valence-electron chi connectivity index (χ3n) is 2.57. The van der Waals surface area contributed by atoms with Gasteiger partial charge in [0.1, 0.15) is 0 Å². The third kappa shape index (κ3) is 3.03. The molecule has 1 amide bonds. The number of aryl methyl sites for hydroxylation is 1. The molecule has 0 bridgehead atoms.